The molecule has 1 aliphatic rings. The van der Waals surface area contributed by atoms with Crippen LogP contribution in [0, 0.1) is 5.92 Å². The number of rotatable bonds is 1. The lowest BCUT2D eigenvalue weighted by Crippen LogP contribution is -2.09. The van der Waals surface area contributed by atoms with Crippen molar-refractivity contribution in [1.82, 2.24) is 0 Å². The summed E-state index contributed by atoms with van der Waals surface area (Å²) in [5.41, 5.74) is 0. The van der Waals surface area contributed by atoms with E-state index in [-0.39, 0.29) is 18.8 Å². The van der Waals surface area contributed by atoms with Gasteiger partial charge in [-0.3, -0.25) is 0 Å². The molecule has 0 amide bonds. The van der Waals surface area contributed by atoms with Crippen molar-refractivity contribution in [1.29, 1.82) is 0 Å². The zero-order chi connectivity index (χ0) is 6.91. The molecular formula is C6H8F2O. The summed E-state index contributed by atoms with van der Waals surface area (Å²) in [5, 5.41) is 0. The van der Waals surface area contributed by atoms with Crippen LogP contribution < -0.4 is 0 Å². The summed E-state index contributed by atoms with van der Waals surface area (Å²) in [6.45, 7) is 0. The molecule has 1 aliphatic carbocycles. The SMILES string of the molecule is O=C[C@@H]1CCC(F)(F)C1. The Hall–Kier alpha value is -0.470. The van der Waals surface area contributed by atoms with Crippen LogP contribution in [0.15, 0.2) is 0 Å². The molecule has 9 heavy (non-hydrogen) atoms. The molecule has 0 aromatic rings. The number of carbonyl (C=O) groups excluding carboxylic acids is 1. The van der Waals surface area contributed by atoms with Crippen molar-refractivity contribution >= 4 is 6.29 Å². The Morgan fingerprint density at radius 1 is 1.56 bits per heavy atom. The Bertz CT molecular complexity index is 122. The van der Waals surface area contributed by atoms with E-state index < -0.39 is 5.92 Å². The van der Waals surface area contributed by atoms with Crippen molar-refractivity contribution in [3.63, 3.8) is 0 Å². The second-order valence-electron chi connectivity index (χ2n) is 2.49. The normalized spacial score (nSPS) is 32.4. The molecule has 0 aromatic heterocycles. The summed E-state index contributed by atoms with van der Waals surface area (Å²) >= 11 is 0. The van der Waals surface area contributed by atoms with Crippen LogP contribution in [0.4, 0.5) is 8.78 Å². The summed E-state index contributed by atoms with van der Waals surface area (Å²) in [7, 11) is 0. The third kappa shape index (κ3) is 1.47. The van der Waals surface area contributed by atoms with Crippen LogP contribution in [-0.4, -0.2) is 12.2 Å². The van der Waals surface area contributed by atoms with E-state index in [2.05, 4.69) is 0 Å². The average Bonchev–Trinajstić information content (AvgIpc) is 2.10. The monoisotopic (exact) mass is 134 g/mol. The zero-order valence-corrected chi connectivity index (χ0v) is 4.94. The molecule has 1 saturated carbocycles. The number of hydrogen-bond donors (Lipinski definition) is 0. The molecule has 1 fully saturated rings. The molecular weight excluding hydrogens is 126 g/mol. The first-order valence-corrected chi connectivity index (χ1v) is 2.97. The summed E-state index contributed by atoms with van der Waals surface area (Å²) in [6, 6.07) is 0. The van der Waals surface area contributed by atoms with Crippen LogP contribution >= 0.6 is 0 Å². The van der Waals surface area contributed by atoms with Crippen molar-refractivity contribution in [2.45, 2.75) is 25.2 Å². The third-order valence-electron chi connectivity index (χ3n) is 1.63. The molecule has 0 bridgehead atoms. The predicted molar refractivity (Wildman–Crippen MR) is 28.4 cm³/mol. The smallest absolute Gasteiger partial charge is 0.248 e. The van der Waals surface area contributed by atoms with E-state index in [1.54, 1.807) is 0 Å². The maximum atomic E-state index is 12.2. The van der Waals surface area contributed by atoms with Gasteiger partial charge in [-0.2, -0.15) is 0 Å². The maximum absolute atomic E-state index is 12.2. The van der Waals surface area contributed by atoms with Gasteiger partial charge in [-0.25, -0.2) is 8.78 Å². The number of alkyl halides is 2. The van der Waals surface area contributed by atoms with E-state index in [9.17, 15) is 13.6 Å². The van der Waals surface area contributed by atoms with Gasteiger partial charge in [-0.1, -0.05) is 0 Å². The Labute approximate surface area is 52.1 Å². The molecule has 3 heteroatoms. The molecule has 1 nitrogen and oxygen atoms in total. The van der Waals surface area contributed by atoms with Crippen molar-refractivity contribution < 1.29 is 13.6 Å². The minimum absolute atomic E-state index is 0.115. The minimum atomic E-state index is -2.56. The molecule has 0 aliphatic heterocycles. The lowest BCUT2D eigenvalue weighted by atomic mass is 10.1. The highest BCUT2D eigenvalue weighted by molar-refractivity contribution is 5.54. The Morgan fingerprint density at radius 3 is 2.44 bits per heavy atom. The van der Waals surface area contributed by atoms with Crippen LogP contribution in [0.2, 0.25) is 0 Å². The van der Waals surface area contributed by atoms with Gasteiger partial charge < -0.3 is 4.79 Å². The van der Waals surface area contributed by atoms with Crippen LogP contribution in [0.1, 0.15) is 19.3 Å². The first-order valence-electron chi connectivity index (χ1n) is 2.97. The largest absolute Gasteiger partial charge is 0.303 e. The molecule has 0 saturated heterocycles. The number of halogens is 2. The lowest BCUT2D eigenvalue weighted by molar-refractivity contribution is -0.111. The molecule has 0 N–H and O–H groups in total. The van der Waals surface area contributed by atoms with Crippen molar-refractivity contribution in [2.75, 3.05) is 0 Å². The zero-order valence-electron chi connectivity index (χ0n) is 4.94. The molecule has 0 heterocycles. The summed E-state index contributed by atoms with van der Waals surface area (Å²) < 4.78 is 24.4. The van der Waals surface area contributed by atoms with Gasteiger partial charge in [-0.05, 0) is 6.42 Å². The van der Waals surface area contributed by atoms with Crippen LogP contribution in [0.25, 0.3) is 0 Å². The van der Waals surface area contributed by atoms with E-state index in [1.807, 2.05) is 0 Å². The molecule has 1 rings (SSSR count). The second kappa shape index (κ2) is 2.05. The summed E-state index contributed by atoms with van der Waals surface area (Å²) in [5.74, 6) is -2.95. The number of carbonyl (C=O) groups is 1. The highest BCUT2D eigenvalue weighted by atomic mass is 19.3. The minimum Gasteiger partial charge on any atom is -0.303 e. The highest BCUT2D eigenvalue weighted by Crippen LogP contribution is 2.37. The maximum Gasteiger partial charge on any atom is 0.248 e. The van der Waals surface area contributed by atoms with Gasteiger partial charge in [-0.15, -0.1) is 0 Å². The van der Waals surface area contributed by atoms with E-state index in [4.69, 9.17) is 0 Å². The lowest BCUT2D eigenvalue weighted by Gasteiger charge is -2.04. The fraction of sp³-hybridized carbons (Fsp3) is 0.833. The van der Waals surface area contributed by atoms with Gasteiger partial charge >= 0.3 is 0 Å². The predicted octanol–water partition coefficient (Wildman–Crippen LogP) is 1.62. The van der Waals surface area contributed by atoms with Crippen LogP contribution in [0.3, 0.4) is 0 Å². The van der Waals surface area contributed by atoms with Gasteiger partial charge in [0, 0.05) is 18.8 Å². The standard InChI is InChI=1S/C6H8F2O/c7-6(8)2-1-5(3-6)4-9/h4-5H,1-3H2/t5-/m1/s1. The second-order valence-corrected chi connectivity index (χ2v) is 2.49. The van der Waals surface area contributed by atoms with Crippen molar-refractivity contribution in [2.24, 2.45) is 5.92 Å². The van der Waals surface area contributed by atoms with E-state index in [1.165, 1.54) is 0 Å². The Balaban J connectivity index is 2.47. The molecule has 0 aromatic carbocycles. The molecule has 52 valence electrons. The summed E-state index contributed by atoms with van der Waals surface area (Å²) in [6.07, 6.45) is 0.629. The van der Waals surface area contributed by atoms with Crippen molar-refractivity contribution in [3.05, 3.63) is 0 Å². The molecule has 0 radical (unpaired) electrons. The number of hydrogen-bond acceptors (Lipinski definition) is 1. The topological polar surface area (TPSA) is 17.1 Å². The van der Waals surface area contributed by atoms with E-state index >= 15 is 0 Å². The average molecular weight is 134 g/mol. The van der Waals surface area contributed by atoms with Gasteiger partial charge in [0.1, 0.15) is 6.29 Å². The first-order chi connectivity index (χ1) is 4.14. The van der Waals surface area contributed by atoms with Crippen LogP contribution in [0.5, 0.6) is 0 Å². The van der Waals surface area contributed by atoms with Gasteiger partial charge in [0.15, 0.2) is 0 Å². The molecule has 1 atom stereocenters. The van der Waals surface area contributed by atoms with E-state index in [0.717, 1.165) is 0 Å². The third-order valence-corrected chi connectivity index (χ3v) is 1.63. The first kappa shape index (κ1) is 6.65. The molecule has 0 spiro atoms. The summed E-state index contributed by atoms with van der Waals surface area (Å²) in [4.78, 5) is 9.96. The Kier molecular flexibility index (Phi) is 1.51. The highest BCUT2D eigenvalue weighted by Gasteiger charge is 2.38. The van der Waals surface area contributed by atoms with Crippen LogP contribution in [-0.2, 0) is 4.79 Å². The fourth-order valence-electron chi connectivity index (χ4n) is 1.10. The van der Waals surface area contributed by atoms with Crippen molar-refractivity contribution in [3.8, 4) is 0 Å². The quantitative estimate of drug-likeness (QED) is 0.498. The van der Waals surface area contributed by atoms with Gasteiger partial charge in [0.05, 0.1) is 0 Å². The van der Waals surface area contributed by atoms with Gasteiger partial charge in [0.25, 0.3) is 0 Å². The fourth-order valence-corrected chi connectivity index (χ4v) is 1.10. The number of aldehydes is 1. The van der Waals surface area contributed by atoms with Gasteiger partial charge in [0.2, 0.25) is 5.92 Å². The van der Waals surface area contributed by atoms with E-state index in [0.29, 0.717) is 12.7 Å². The molecule has 0 unspecified atom stereocenters. The Morgan fingerprint density at radius 2 is 2.22 bits per heavy atom.